The first kappa shape index (κ1) is 11.8. The van der Waals surface area contributed by atoms with E-state index in [4.69, 9.17) is 22.0 Å². The Morgan fingerprint density at radius 2 is 2.00 bits per heavy atom. The fourth-order valence-electron chi connectivity index (χ4n) is 1.19. The van der Waals surface area contributed by atoms with Gasteiger partial charge in [-0.05, 0) is 30.2 Å². The van der Waals surface area contributed by atoms with Crippen molar-refractivity contribution in [1.82, 2.24) is 0 Å². The maximum atomic E-state index is 9.52. The van der Waals surface area contributed by atoms with E-state index in [2.05, 4.69) is 0 Å². The highest BCUT2D eigenvalue weighted by Crippen LogP contribution is 2.31. The van der Waals surface area contributed by atoms with Crippen LogP contribution in [0.4, 0.5) is 0 Å². The van der Waals surface area contributed by atoms with E-state index in [0.29, 0.717) is 11.1 Å². The minimum atomic E-state index is -1.51. The van der Waals surface area contributed by atoms with Crippen LogP contribution in [0.3, 0.4) is 0 Å². The molecular weight excluding hydrogens is 218 g/mol. The highest BCUT2D eigenvalue weighted by molar-refractivity contribution is 6.32. The van der Waals surface area contributed by atoms with Crippen LogP contribution < -0.4 is 0 Å². The van der Waals surface area contributed by atoms with E-state index in [9.17, 15) is 10.2 Å². The van der Waals surface area contributed by atoms with Gasteiger partial charge < -0.3 is 15.3 Å². The van der Waals surface area contributed by atoms with Gasteiger partial charge in [-0.2, -0.15) is 5.26 Å². The quantitative estimate of drug-likeness (QED) is 0.665. The van der Waals surface area contributed by atoms with Crippen molar-refractivity contribution in [2.45, 2.75) is 19.1 Å². The Morgan fingerprint density at radius 3 is 2.47 bits per heavy atom. The average Bonchev–Trinajstić information content (AvgIpc) is 2.23. The normalized spacial score (nSPS) is 14.3. The molecule has 15 heavy (non-hydrogen) atoms. The summed E-state index contributed by atoms with van der Waals surface area (Å²) in [6, 6.07) is 4.30. The number of aryl methyl sites for hydroxylation is 1. The van der Waals surface area contributed by atoms with Gasteiger partial charge in [0, 0.05) is 0 Å². The minimum absolute atomic E-state index is 0.0703. The molecule has 1 aromatic carbocycles. The summed E-state index contributed by atoms with van der Waals surface area (Å²) in [7, 11) is 0. The van der Waals surface area contributed by atoms with Crippen LogP contribution in [0.25, 0.3) is 0 Å². The van der Waals surface area contributed by atoms with E-state index >= 15 is 0 Å². The second-order valence-electron chi connectivity index (χ2n) is 3.19. The van der Waals surface area contributed by atoms with Crippen LogP contribution in [-0.2, 0) is 0 Å². The molecule has 80 valence electrons. The van der Waals surface area contributed by atoms with Gasteiger partial charge in [-0.25, -0.2) is 0 Å². The number of benzene rings is 1. The fraction of sp³-hybridized carbons (Fsp3) is 0.300. The Labute approximate surface area is 92.0 Å². The van der Waals surface area contributed by atoms with Crippen LogP contribution >= 0.6 is 11.6 Å². The van der Waals surface area contributed by atoms with E-state index in [1.54, 1.807) is 6.92 Å². The van der Waals surface area contributed by atoms with Gasteiger partial charge in [-0.15, -0.1) is 0 Å². The molecule has 4 nitrogen and oxygen atoms in total. The molecule has 0 amide bonds. The monoisotopic (exact) mass is 227 g/mol. The van der Waals surface area contributed by atoms with Crippen molar-refractivity contribution in [1.29, 1.82) is 5.26 Å². The average molecular weight is 228 g/mol. The van der Waals surface area contributed by atoms with E-state index in [-0.39, 0.29) is 10.8 Å². The predicted octanol–water partition coefficient (Wildman–Crippen LogP) is 1.27. The van der Waals surface area contributed by atoms with Crippen LogP contribution in [-0.4, -0.2) is 21.4 Å². The van der Waals surface area contributed by atoms with Crippen molar-refractivity contribution in [2.24, 2.45) is 0 Å². The van der Waals surface area contributed by atoms with Crippen molar-refractivity contribution < 1.29 is 15.3 Å². The second-order valence-corrected chi connectivity index (χ2v) is 3.59. The Balaban J connectivity index is 3.12. The zero-order chi connectivity index (χ0) is 11.6. The zero-order valence-corrected chi connectivity index (χ0v) is 8.73. The summed E-state index contributed by atoms with van der Waals surface area (Å²) in [4.78, 5) is 0. The van der Waals surface area contributed by atoms with Crippen LogP contribution in [0.15, 0.2) is 12.1 Å². The van der Waals surface area contributed by atoms with Crippen molar-refractivity contribution >= 4 is 11.6 Å². The van der Waals surface area contributed by atoms with Gasteiger partial charge in [0.05, 0.1) is 11.1 Å². The summed E-state index contributed by atoms with van der Waals surface area (Å²) < 4.78 is 0. The van der Waals surface area contributed by atoms with Gasteiger partial charge in [-0.3, -0.25) is 0 Å². The van der Waals surface area contributed by atoms with Crippen LogP contribution in [0, 0.1) is 18.3 Å². The number of aromatic hydroxyl groups is 1. The SMILES string of the molecule is Cc1cc(C(O)C(O)C#N)cc(Cl)c1O. The Kier molecular flexibility index (Phi) is 3.53. The lowest BCUT2D eigenvalue weighted by atomic mass is 10.0. The van der Waals surface area contributed by atoms with E-state index < -0.39 is 12.2 Å². The summed E-state index contributed by atoms with van der Waals surface area (Å²) in [5.74, 6) is -0.0703. The molecule has 0 aliphatic carbocycles. The van der Waals surface area contributed by atoms with Crippen molar-refractivity contribution in [2.75, 3.05) is 0 Å². The Bertz CT molecular complexity index is 391. The third-order valence-electron chi connectivity index (χ3n) is 2.05. The van der Waals surface area contributed by atoms with Gasteiger partial charge in [-0.1, -0.05) is 11.6 Å². The molecule has 0 heterocycles. The number of aliphatic hydroxyl groups is 2. The molecule has 0 bridgehead atoms. The summed E-state index contributed by atoms with van der Waals surface area (Å²) in [5, 5.41) is 36.5. The number of hydrogen-bond acceptors (Lipinski definition) is 4. The van der Waals surface area contributed by atoms with Gasteiger partial charge in [0.1, 0.15) is 11.9 Å². The lowest BCUT2D eigenvalue weighted by Crippen LogP contribution is -2.15. The molecule has 0 aliphatic heterocycles. The fourth-order valence-corrected chi connectivity index (χ4v) is 1.46. The lowest BCUT2D eigenvalue weighted by Gasteiger charge is -2.13. The standard InChI is InChI=1S/C10H10ClNO3/c1-5-2-6(3-7(11)9(5)14)10(15)8(13)4-12/h2-3,8,10,13-15H,1H3. The van der Waals surface area contributed by atoms with E-state index in [0.717, 1.165) is 0 Å². The number of halogens is 1. The minimum Gasteiger partial charge on any atom is -0.506 e. The van der Waals surface area contributed by atoms with Crippen molar-refractivity contribution in [3.8, 4) is 11.8 Å². The van der Waals surface area contributed by atoms with Crippen molar-refractivity contribution in [3.05, 3.63) is 28.3 Å². The lowest BCUT2D eigenvalue weighted by molar-refractivity contribution is 0.0527. The number of nitriles is 1. The van der Waals surface area contributed by atoms with E-state index in [1.165, 1.54) is 18.2 Å². The maximum Gasteiger partial charge on any atom is 0.170 e. The molecule has 0 saturated heterocycles. The van der Waals surface area contributed by atoms with Crippen LogP contribution in [0.2, 0.25) is 5.02 Å². The van der Waals surface area contributed by atoms with Gasteiger partial charge in [0.15, 0.2) is 6.10 Å². The molecule has 2 atom stereocenters. The molecule has 5 heteroatoms. The summed E-state index contributed by atoms with van der Waals surface area (Å²) >= 11 is 5.69. The summed E-state index contributed by atoms with van der Waals surface area (Å²) in [6.45, 7) is 1.61. The van der Waals surface area contributed by atoms with Gasteiger partial charge in [0.25, 0.3) is 0 Å². The van der Waals surface area contributed by atoms with E-state index in [1.807, 2.05) is 0 Å². The first-order valence-corrected chi connectivity index (χ1v) is 4.60. The summed E-state index contributed by atoms with van der Waals surface area (Å²) in [6.07, 6.45) is -2.84. The molecule has 0 aliphatic rings. The van der Waals surface area contributed by atoms with Crippen LogP contribution in [0.5, 0.6) is 5.75 Å². The van der Waals surface area contributed by atoms with Crippen molar-refractivity contribution in [3.63, 3.8) is 0 Å². The number of hydrogen-bond donors (Lipinski definition) is 3. The molecule has 0 saturated carbocycles. The number of phenolic OH excluding ortho intramolecular Hbond substituents is 1. The first-order chi connectivity index (χ1) is 6.97. The smallest absolute Gasteiger partial charge is 0.170 e. The Morgan fingerprint density at radius 1 is 1.40 bits per heavy atom. The zero-order valence-electron chi connectivity index (χ0n) is 7.98. The molecule has 0 spiro atoms. The molecular formula is C10H10ClNO3. The maximum absolute atomic E-state index is 9.52. The number of rotatable bonds is 2. The largest absolute Gasteiger partial charge is 0.506 e. The van der Waals surface area contributed by atoms with Gasteiger partial charge in [0.2, 0.25) is 0 Å². The predicted molar refractivity (Wildman–Crippen MR) is 54.4 cm³/mol. The highest BCUT2D eigenvalue weighted by Gasteiger charge is 2.19. The number of aliphatic hydroxyl groups excluding tert-OH is 2. The van der Waals surface area contributed by atoms with Crippen LogP contribution in [0.1, 0.15) is 17.2 Å². The second kappa shape index (κ2) is 4.49. The van der Waals surface area contributed by atoms with Gasteiger partial charge >= 0.3 is 0 Å². The molecule has 1 rings (SSSR count). The molecule has 0 radical (unpaired) electrons. The molecule has 3 N–H and O–H groups in total. The first-order valence-electron chi connectivity index (χ1n) is 4.22. The molecule has 0 aromatic heterocycles. The Hall–Kier alpha value is -1.28. The third kappa shape index (κ3) is 2.39. The summed E-state index contributed by atoms with van der Waals surface area (Å²) in [5.41, 5.74) is 0.769. The molecule has 1 aromatic rings. The molecule has 0 fully saturated rings. The molecule has 2 unspecified atom stereocenters. The third-order valence-corrected chi connectivity index (χ3v) is 2.34. The highest BCUT2D eigenvalue weighted by atomic mass is 35.5. The number of nitrogens with zero attached hydrogens (tertiary/aromatic N) is 1. The topological polar surface area (TPSA) is 84.5 Å². The number of phenols is 1.